The maximum Gasteiger partial charge on any atom is 0.303 e. The van der Waals surface area contributed by atoms with Crippen molar-refractivity contribution in [1.82, 2.24) is 9.78 Å². The zero-order chi connectivity index (χ0) is 9.68. The summed E-state index contributed by atoms with van der Waals surface area (Å²) < 4.78 is 1.86. The van der Waals surface area contributed by atoms with Gasteiger partial charge in [0.25, 0.3) is 0 Å². The van der Waals surface area contributed by atoms with E-state index in [4.69, 9.17) is 5.11 Å². The van der Waals surface area contributed by atoms with Crippen molar-refractivity contribution in [3.8, 4) is 0 Å². The summed E-state index contributed by atoms with van der Waals surface area (Å²) >= 11 is 0. The van der Waals surface area contributed by atoms with E-state index in [2.05, 4.69) is 12.0 Å². The van der Waals surface area contributed by atoms with Crippen LogP contribution in [0.25, 0.3) is 0 Å². The molecule has 4 heteroatoms. The van der Waals surface area contributed by atoms with E-state index in [9.17, 15) is 4.79 Å². The number of carbonyl (C=O) groups is 1. The second-order valence-corrected chi connectivity index (χ2v) is 2.94. The first kappa shape index (κ1) is 9.77. The number of nitrogens with zero attached hydrogens (tertiary/aromatic N) is 2. The number of hydrogen-bond donors (Lipinski definition) is 1. The molecule has 72 valence electrons. The molecule has 0 atom stereocenters. The molecule has 1 aromatic heterocycles. The van der Waals surface area contributed by atoms with Gasteiger partial charge < -0.3 is 5.11 Å². The van der Waals surface area contributed by atoms with Crippen molar-refractivity contribution in [2.24, 2.45) is 0 Å². The standard InChI is InChI=1S/C9H14N2O2/c1-2-7-11-8(5-6-10-11)3-4-9(12)13/h5-6H,2-4,7H2,1H3,(H,12,13). The van der Waals surface area contributed by atoms with Gasteiger partial charge in [0.2, 0.25) is 0 Å². The Morgan fingerprint density at radius 1 is 1.69 bits per heavy atom. The van der Waals surface area contributed by atoms with Crippen molar-refractivity contribution in [1.29, 1.82) is 0 Å². The van der Waals surface area contributed by atoms with E-state index in [-0.39, 0.29) is 6.42 Å². The van der Waals surface area contributed by atoms with Gasteiger partial charge in [-0.2, -0.15) is 5.10 Å². The fourth-order valence-corrected chi connectivity index (χ4v) is 1.22. The highest BCUT2D eigenvalue weighted by Crippen LogP contribution is 2.03. The van der Waals surface area contributed by atoms with E-state index < -0.39 is 5.97 Å². The molecule has 1 N–H and O–H groups in total. The van der Waals surface area contributed by atoms with Crippen LogP contribution >= 0.6 is 0 Å². The highest BCUT2D eigenvalue weighted by atomic mass is 16.4. The summed E-state index contributed by atoms with van der Waals surface area (Å²) in [4.78, 5) is 10.3. The Balaban J connectivity index is 2.54. The van der Waals surface area contributed by atoms with Crippen LogP contribution in [0.5, 0.6) is 0 Å². The quantitative estimate of drug-likeness (QED) is 0.747. The molecule has 4 nitrogen and oxygen atoms in total. The topological polar surface area (TPSA) is 55.1 Å². The first-order valence-corrected chi connectivity index (χ1v) is 4.46. The normalized spacial score (nSPS) is 10.2. The lowest BCUT2D eigenvalue weighted by Crippen LogP contribution is -2.06. The van der Waals surface area contributed by atoms with Gasteiger partial charge in [-0.1, -0.05) is 6.92 Å². The first-order chi connectivity index (χ1) is 6.24. The molecule has 0 aromatic carbocycles. The molecule has 1 heterocycles. The zero-order valence-corrected chi connectivity index (χ0v) is 7.73. The molecule has 0 saturated heterocycles. The highest BCUT2D eigenvalue weighted by Gasteiger charge is 2.03. The molecule has 0 bridgehead atoms. The maximum atomic E-state index is 10.3. The van der Waals surface area contributed by atoms with Crippen LogP contribution in [-0.2, 0) is 17.8 Å². The molecule has 0 aliphatic rings. The molecule has 0 unspecified atom stereocenters. The number of carboxylic acid groups (broad SMARTS) is 1. The Kier molecular flexibility index (Phi) is 3.49. The Labute approximate surface area is 77.2 Å². The number of hydrogen-bond acceptors (Lipinski definition) is 2. The molecule has 1 aromatic rings. The average Bonchev–Trinajstić information content (AvgIpc) is 2.49. The van der Waals surface area contributed by atoms with E-state index in [1.54, 1.807) is 6.20 Å². The van der Waals surface area contributed by atoms with Crippen LogP contribution in [0.4, 0.5) is 0 Å². The van der Waals surface area contributed by atoms with Gasteiger partial charge in [-0.25, -0.2) is 0 Å². The Hall–Kier alpha value is -1.32. The van der Waals surface area contributed by atoms with Crippen molar-refractivity contribution in [3.63, 3.8) is 0 Å². The van der Waals surface area contributed by atoms with E-state index >= 15 is 0 Å². The molecular weight excluding hydrogens is 168 g/mol. The lowest BCUT2D eigenvalue weighted by atomic mass is 10.2. The summed E-state index contributed by atoms with van der Waals surface area (Å²) in [6.45, 7) is 2.94. The Morgan fingerprint density at radius 3 is 3.08 bits per heavy atom. The van der Waals surface area contributed by atoms with E-state index in [0.717, 1.165) is 18.7 Å². The number of carboxylic acids is 1. The third-order valence-corrected chi connectivity index (χ3v) is 1.83. The van der Waals surface area contributed by atoms with Crippen LogP contribution in [-0.4, -0.2) is 20.9 Å². The van der Waals surface area contributed by atoms with Crippen molar-refractivity contribution >= 4 is 5.97 Å². The van der Waals surface area contributed by atoms with Gasteiger partial charge in [0.15, 0.2) is 0 Å². The zero-order valence-electron chi connectivity index (χ0n) is 7.73. The lowest BCUT2D eigenvalue weighted by Gasteiger charge is -2.03. The third-order valence-electron chi connectivity index (χ3n) is 1.83. The van der Waals surface area contributed by atoms with Gasteiger partial charge in [-0.3, -0.25) is 9.48 Å². The molecular formula is C9H14N2O2. The minimum absolute atomic E-state index is 0.176. The fraction of sp³-hybridized carbons (Fsp3) is 0.556. The van der Waals surface area contributed by atoms with Crippen molar-refractivity contribution < 1.29 is 9.90 Å². The smallest absolute Gasteiger partial charge is 0.303 e. The minimum Gasteiger partial charge on any atom is -0.481 e. The van der Waals surface area contributed by atoms with Gasteiger partial charge in [0, 0.05) is 18.4 Å². The van der Waals surface area contributed by atoms with Gasteiger partial charge in [0.05, 0.1) is 6.42 Å². The van der Waals surface area contributed by atoms with Gasteiger partial charge in [-0.15, -0.1) is 0 Å². The van der Waals surface area contributed by atoms with Crippen molar-refractivity contribution in [3.05, 3.63) is 18.0 Å². The SMILES string of the molecule is CCCn1nccc1CCC(=O)O. The van der Waals surface area contributed by atoms with Crippen LogP contribution < -0.4 is 0 Å². The molecule has 1 rings (SSSR count). The summed E-state index contributed by atoms with van der Waals surface area (Å²) in [5.74, 6) is -0.760. The maximum absolute atomic E-state index is 10.3. The Bertz CT molecular complexity index is 281. The predicted octanol–water partition coefficient (Wildman–Crippen LogP) is 1.31. The summed E-state index contributed by atoms with van der Waals surface area (Å²) in [5, 5.41) is 12.6. The second-order valence-electron chi connectivity index (χ2n) is 2.94. The molecule has 13 heavy (non-hydrogen) atoms. The summed E-state index contributed by atoms with van der Waals surface area (Å²) in [6, 6.07) is 1.87. The van der Waals surface area contributed by atoms with Crippen molar-refractivity contribution in [2.45, 2.75) is 32.7 Å². The highest BCUT2D eigenvalue weighted by molar-refractivity contribution is 5.66. The van der Waals surface area contributed by atoms with Crippen molar-refractivity contribution in [2.75, 3.05) is 0 Å². The molecule has 0 aliphatic carbocycles. The fourth-order valence-electron chi connectivity index (χ4n) is 1.22. The second kappa shape index (κ2) is 4.64. The number of aliphatic carboxylic acids is 1. The third kappa shape index (κ3) is 2.89. The summed E-state index contributed by atoms with van der Waals surface area (Å²) in [6.07, 6.45) is 3.47. The number of aromatic nitrogens is 2. The first-order valence-electron chi connectivity index (χ1n) is 4.46. The van der Waals surface area contributed by atoms with Crippen LogP contribution in [0, 0.1) is 0 Å². The molecule has 0 fully saturated rings. The van der Waals surface area contributed by atoms with E-state index in [1.165, 1.54) is 0 Å². The van der Waals surface area contributed by atoms with Gasteiger partial charge in [-0.05, 0) is 18.9 Å². The van der Waals surface area contributed by atoms with E-state index in [1.807, 2.05) is 10.7 Å². The van der Waals surface area contributed by atoms with Crippen LogP contribution in [0.15, 0.2) is 12.3 Å². The summed E-state index contributed by atoms with van der Waals surface area (Å²) in [7, 11) is 0. The number of rotatable bonds is 5. The van der Waals surface area contributed by atoms with Gasteiger partial charge >= 0.3 is 5.97 Å². The monoisotopic (exact) mass is 182 g/mol. The van der Waals surface area contributed by atoms with Gasteiger partial charge in [0.1, 0.15) is 0 Å². The predicted molar refractivity (Wildman–Crippen MR) is 48.5 cm³/mol. The minimum atomic E-state index is -0.760. The molecule has 0 radical (unpaired) electrons. The van der Waals surface area contributed by atoms with E-state index in [0.29, 0.717) is 6.42 Å². The molecule has 0 aliphatic heterocycles. The van der Waals surface area contributed by atoms with Crippen LogP contribution in [0.3, 0.4) is 0 Å². The molecule has 0 saturated carbocycles. The lowest BCUT2D eigenvalue weighted by molar-refractivity contribution is -0.136. The summed E-state index contributed by atoms with van der Waals surface area (Å²) in [5.41, 5.74) is 1.00. The molecule has 0 spiro atoms. The molecule has 0 amide bonds. The average molecular weight is 182 g/mol. The van der Waals surface area contributed by atoms with Crippen LogP contribution in [0.2, 0.25) is 0 Å². The largest absolute Gasteiger partial charge is 0.481 e. The Morgan fingerprint density at radius 2 is 2.46 bits per heavy atom. The van der Waals surface area contributed by atoms with Crippen LogP contribution in [0.1, 0.15) is 25.5 Å². The number of aryl methyl sites for hydroxylation is 2.